The van der Waals surface area contributed by atoms with Crippen LogP contribution in [0.25, 0.3) is 0 Å². The Morgan fingerprint density at radius 1 is 0.410 bits per heavy atom. The number of nitrogens with one attached hydrogen (secondary N) is 3. The van der Waals surface area contributed by atoms with E-state index in [0.717, 1.165) is 0 Å². The van der Waals surface area contributed by atoms with Crippen molar-refractivity contribution in [3.63, 3.8) is 0 Å². The molecular formula is C57H76N14O12. The van der Waals surface area contributed by atoms with Gasteiger partial charge in [0.25, 0.3) is 23.6 Å². The number of benzene rings is 4. The topological polar surface area (TPSA) is 455 Å². The molecule has 4 atom stereocenters. The quantitative estimate of drug-likeness (QED) is 0.0166. The molecule has 4 aromatic rings. The predicted molar refractivity (Wildman–Crippen MR) is 312 cm³/mol. The molecule has 0 radical (unpaired) electrons. The number of carbonyl (C=O) groups is 8. The van der Waals surface area contributed by atoms with E-state index >= 15 is 0 Å². The molecule has 0 spiro atoms. The summed E-state index contributed by atoms with van der Waals surface area (Å²) in [5.74, 6) is -4.30. The van der Waals surface area contributed by atoms with Crippen LogP contribution in [0.15, 0.2) is 87.8 Å². The highest BCUT2D eigenvalue weighted by Crippen LogP contribution is 2.26. The first kappa shape index (κ1) is 65.9. The molecule has 0 aliphatic heterocycles. The number of aliphatic imine (C=N–C) groups is 3. The van der Waals surface area contributed by atoms with Gasteiger partial charge in [0.1, 0.15) is 23.0 Å². The minimum atomic E-state index is -1.16. The molecule has 0 saturated carbocycles. The molecule has 0 saturated heterocycles. The van der Waals surface area contributed by atoms with E-state index in [4.69, 9.17) is 64.8 Å². The van der Waals surface area contributed by atoms with E-state index < -0.39 is 65.1 Å². The van der Waals surface area contributed by atoms with Crippen LogP contribution in [0.3, 0.4) is 0 Å². The second kappa shape index (κ2) is 32.6. The van der Waals surface area contributed by atoms with Crippen LogP contribution in [0, 0.1) is 0 Å². The van der Waals surface area contributed by atoms with E-state index in [2.05, 4.69) is 30.9 Å². The van der Waals surface area contributed by atoms with Crippen LogP contribution in [0.5, 0.6) is 23.0 Å². The van der Waals surface area contributed by atoms with Gasteiger partial charge in [-0.25, -0.2) is 0 Å². The van der Waals surface area contributed by atoms with Crippen molar-refractivity contribution in [1.29, 1.82) is 0 Å². The van der Waals surface area contributed by atoms with Gasteiger partial charge in [0.2, 0.25) is 0 Å². The average Bonchev–Trinajstić information content (AvgIpc) is 3.51. The summed E-state index contributed by atoms with van der Waals surface area (Å²) >= 11 is 0. The van der Waals surface area contributed by atoms with Crippen molar-refractivity contribution >= 4 is 64.6 Å². The summed E-state index contributed by atoms with van der Waals surface area (Å²) in [6.45, 7) is 1.97. The van der Waals surface area contributed by atoms with Crippen LogP contribution < -0.4 is 80.8 Å². The highest BCUT2D eigenvalue weighted by molar-refractivity contribution is 6.04. The lowest BCUT2D eigenvalue weighted by Crippen LogP contribution is -2.42. The van der Waals surface area contributed by atoms with E-state index in [0.29, 0.717) is 22.3 Å². The van der Waals surface area contributed by atoms with E-state index in [1.54, 1.807) is 37.3 Å². The van der Waals surface area contributed by atoms with Crippen LogP contribution in [0.1, 0.15) is 109 Å². The molecule has 0 unspecified atom stereocenters. The summed E-state index contributed by atoms with van der Waals surface area (Å²) in [5.41, 5.74) is 46.3. The fraction of sp³-hybridized carbons (Fsp3) is 0.386. The Hall–Kier alpha value is -9.59. The molecule has 19 N–H and O–H groups in total. The van der Waals surface area contributed by atoms with Gasteiger partial charge >= 0.3 is 0 Å². The van der Waals surface area contributed by atoms with Gasteiger partial charge < -0.3 is 80.8 Å². The molecule has 4 rings (SSSR count). The number of Topliss-reactive ketones (excluding diaryl/α,β-unsaturated/α-hetero) is 4. The maximum Gasteiger partial charge on any atom is 0.255 e. The maximum absolute atomic E-state index is 14.4. The Labute approximate surface area is 480 Å². The fourth-order valence-corrected chi connectivity index (χ4v) is 8.68. The van der Waals surface area contributed by atoms with Gasteiger partial charge in [0.15, 0.2) is 41.0 Å². The van der Waals surface area contributed by atoms with Crippen molar-refractivity contribution in [2.75, 3.05) is 48.1 Å². The number of hydrogen-bond acceptors (Lipinski definition) is 16. The van der Waals surface area contributed by atoms with Crippen LogP contribution in [0.2, 0.25) is 0 Å². The average molecular weight is 1150 g/mol. The first-order chi connectivity index (χ1) is 39.5. The molecule has 0 bridgehead atoms. The second-order valence-electron chi connectivity index (χ2n) is 19.3. The number of guanidine groups is 3. The molecule has 0 heterocycles. The second-order valence-corrected chi connectivity index (χ2v) is 19.3. The van der Waals surface area contributed by atoms with Crippen molar-refractivity contribution in [1.82, 2.24) is 16.0 Å². The van der Waals surface area contributed by atoms with Gasteiger partial charge in [-0.2, -0.15) is 0 Å². The molecule has 83 heavy (non-hydrogen) atoms. The SMILES string of the molecule is COc1ccc(CC(=O)[C@@H](CCCN=C(N)N)NC(=O)c2cc(CC(=O)[C@@H](CCCN=C(N)N)NC(=O)c3cc(CC(=O)[C@@H](CCCN=C(N)N)NC(=O)c4cc(CC(=O)[C@@H](C)N)ccc4OC)ccc3OC)ccc2OC)cc1C(N)=O. The third kappa shape index (κ3) is 20.8. The zero-order valence-corrected chi connectivity index (χ0v) is 47.3. The summed E-state index contributed by atoms with van der Waals surface area (Å²) in [5, 5.41) is 8.41. The molecule has 26 nitrogen and oxygen atoms in total. The molecule has 4 aromatic carbocycles. The van der Waals surface area contributed by atoms with Crippen LogP contribution >= 0.6 is 0 Å². The number of ether oxygens (including phenoxy) is 4. The number of hydrogen-bond donors (Lipinski definition) is 11. The van der Waals surface area contributed by atoms with Crippen LogP contribution in [-0.4, -0.2) is 137 Å². The number of ketones is 4. The fourth-order valence-electron chi connectivity index (χ4n) is 8.68. The Balaban J connectivity index is 1.62. The summed E-state index contributed by atoms with van der Waals surface area (Å²) in [6.07, 6.45) is 0.266. The highest BCUT2D eigenvalue weighted by atomic mass is 16.5. The zero-order valence-electron chi connectivity index (χ0n) is 47.3. The lowest BCUT2D eigenvalue weighted by atomic mass is 9.96. The standard InChI is InChI=1S/C57H76N14O12/c1-31(58)43(72)27-33-13-17-48(81-3)37(24-33)52(77)70-41(10-7-21-67-56(62)63)45(74)29-35-15-19-50(83-5)39(26-35)54(79)71-42(11-8-22-68-57(64)65)46(75)30-34-14-18-49(82-4)38(25-34)53(78)69-40(9-6-20-66-55(60)61)44(73)28-32-12-16-47(80-2)36(23-32)51(59)76/h12-19,23-26,31,40-42H,6-11,20-22,27-30,58H2,1-5H3,(H2,59,76)(H,69,78)(H,70,77)(H,71,79)(H4,60,61,66)(H4,62,63,67)(H4,64,65,68)/t31-,40-,41-,42-/m1/s1. The number of rotatable bonds is 35. The van der Waals surface area contributed by atoms with Crippen molar-refractivity contribution < 1.29 is 57.3 Å². The predicted octanol–water partition coefficient (Wildman–Crippen LogP) is 0.170. The van der Waals surface area contributed by atoms with Crippen molar-refractivity contribution in [3.8, 4) is 23.0 Å². The number of amides is 4. The molecule has 0 aliphatic rings. The van der Waals surface area contributed by atoms with Crippen molar-refractivity contribution in [2.24, 2.45) is 60.8 Å². The summed E-state index contributed by atoms with van der Waals surface area (Å²) in [6, 6.07) is 14.2. The summed E-state index contributed by atoms with van der Waals surface area (Å²) in [7, 11) is 5.44. The number of carbonyl (C=O) groups excluding carboxylic acids is 8. The van der Waals surface area contributed by atoms with Gasteiger partial charge in [-0.1, -0.05) is 24.3 Å². The van der Waals surface area contributed by atoms with E-state index in [1.165, 1.54) is 70.9 Å². The Morgan fingerprint density at radius 3 is 0.904 bits per heavy atom. The Kier molecular flexibility index (Phi) is 25.9. The first-order valence-electron chi connectivity index (χ1n) is 26.4. The molecule has 0 aromatic heterocycles. The maximum atomic E-state index is 14.4. The highest BCUT2D eigenvalue weighted by Gasteiger charge is 2.29. The van der Waals surface area contributed by atoms with Gasteiger partial charge in [0.05, 0.1) is 74.9 Å². The number of primary amides is 1. The van der Waals surface area contributed by atoms with Gasteiger partial charge in [0, 0.05) is 45.3 Å². The largest absolute Gasteiger partial charge is 0.496 e. The minimum Gasteiger partial charge on any atom is -0.496 e. The number of methoxy groups -OCH3 is 4. The lowest BCUT2D eigenvalue weighted by molar-refractivity contribution is -0.121. The lowest BCUT2D eigenvalue weighted by Gasteiger charge is -2.21. The van der Waals surface area contributed by atoms with Gasteiger partial charge in [-0.3, -0.25) is 53.3 Å². The third-order valence-corrected chi connectivity index (χ3v) is 13.0. The third-order valence-electron chi connectivity index (χ3n) is 13.0. The Morgan fingerprint density at radius 2 is 0.663 bits per heavy atom. The zero-order chi connectivity index (χ0) is 61.3. The van der Waals surface area contributed by atoms with Crippen LogP contribution in [0.4, 0.5) is 0 Å². The normalized spacial score (nSPS) is 12.2. The summed E-state index contributed by atoms with van der Waals surface area (Å²) in [4.78, 5) is 122. The molecule has 4 amide bonds. The minimum absolute atomic E-state index is 0.0140. The van der Waals surface area contributed by atoms with E-state index in [1.807, 2.05) is 0 Å². The van der Waals surface area contributed by atoms with Crippen LogP contribution in [-0.2, 0) is 44.9 Å². The van der Waals surface area contributed by atoms with E-state index in [9.17, 15) is 38.4 Å². The molecule has 0 fully saturated rings. The molecule has 26 heteroatoms. The molecular weight excluding hydrogens is 1070 g/mol. The first-order valence-corrected chi connectivity index (χ1v) is 26.4. The molecule has 446 valence electrons. The van der Waals surface area contributed by atoms with E-state index in [-0.39, 0.29) is 153 Å². The number of nitrogens with zero attached hydrogens (tertiary/aromatic N) is 3. The monoisotopic (exact) mass is 1150 g/mol. The molecule has 0 aliphatic carbocycles. The smallest absolute Gasteiger partial charge is 0.255 e. The summed E-state index contributed by atoms with van der Waals surface area (Å²) < 4.78 is 21.8. The Bertz CT molecular complexity index is 3080. The van der Waals surface area contributed by atoms with Crippen molar-refractivity contribution in [3.05, 3.63) is 117 Å². The van der Waals surface area contributed by atoms with Gasteiger partial charge in [-0.05, 0) is 116 Å². The number of nitrogens with two attached hydrogens (primary N) is 8. The van der Waals surface area contributed by atoms with Crippen molar-refractivity contribution in [2.45, 2.75) is 95.3 Å². The van der Waals surface area contributed by atoms with Gasteiger partial charge in [-0.15, -0.1) is 0 Å².